The first kappa shape index (κ1) is 15.8. The second kappa shape index (κ2) is 6.48. The highest BCUT2D eigenvalue weighted by Crippen LogP contribution is 2.10. The molecule has 0 bridgehead atoms. The van der Waals surface area contributed by atoms with Crippen LogP contribution in [-0.2, 0) is 26.1 Å². The third-order valence-electron chi connectivity index (χ3n) is 3.55. The molecule has 0 aliphatic carbocycles. The average Bonchev–Trinajstić information content (AvgIpc) is 3.02. The van der Waals surface area contributed by atoms with Crippen molar-refractivity contribution in [1.29, 1.82) is 0 Å². The van der Waals surface area contributed by atoms with Crippen LogP contribution >= 0.6 is 0 Å². The van der Waals surface area contributed by atoms with Gasteiger partial charge in [-0.1, -0.05) is 6.92 Å². The second-order valence-corrected chi connectivity index (χ2v) is 6.59. The van der Waals surface area contributed by atoms with Gasteiger partial charge in [-0.2, -0.15) is 5.10 Å². The maximum atomic E-state index is 4.61. The van der Waals surface area contributed by atoms with Crippen molar-refractivity contribution in [3.63, 3.8) is 0 Å². The van der Waals surface area contributed by atoms with E-state index in [1.165, 1.54) is 17.0 Å². The summed E-state index contributed by atoms with van der Waals surface area (Å²) in [5.74, 6) is 0. The van der Waals surface area contributed by atoms with Gasteiger partial charge in [0.2, 0.25) is 0 Å². The lowest BCUT2D eigenvalue weighted by molar-refractivity contribution is 0.424. The molecule has 2 aromatic rings. The largest absolute Gasteiger partial charge is 0.348 e. The molecule has 4 nitrogen and oxygen atoms in total. The number of hydrogen-bond donors (Lipinski definition) is 1. The smallest absolute Gasteiger partial charge is 0.0639 e. The molecule has 0 amide bonds. The van der Waals surface area contributed by atoms with Crippen molar-refractivity contribution in [2.75, 3.05) is 0 Å². The van der Waals surface area contributed by atoms with Gasteiger partial charge in [0, 0.05) is 31.0 Å². The van der Waals surface area contributed by atoms with Gasteiger partial charge in [-0.3, -0.25) is 4.68 Å². The molecule has 0 aliphatic rings. The molecule has 0 unspecified atom stereocenters. The van der Waals surface area contributed by atoms with Crippen LogP contribution in [0.5, 0.6) is 0 Å². The normalized spacial score (nSPS) is 12.0. The Morgan fingerprint density at radius 2 is 2.00 bits per heavy atom. The molecule has 0 radical (unpaired) electrons. The minimum Gasteiger partial charge on any atom is -0.348 e. The van der Waals surface area contributed by atoms with Crippen LogP contribution in [0.1, 0.15) is 51.6 Å². The Hall–Kier alpha value is -1.55. The quantitative estimate of drug-likeness (QED) is 0.886. The zero-order chi connectivity index (χ0) is 15.5. The fourth-order valence-electron chi connectivity index (χ4n) is 2.34. The van der Waals surface area contributed by atoms with Crippen LogP contribution in [0.15, 0.2) is 24.5 Å². The van der Waals surface area contributed by atoms with Crippen molar-refractivity contribution in [2.24, 2.45) is 0 Å². The van der Waals surface area contributed by atoms with Gasteiger partial charge < -0.3 is 9.88 Å². The van der Waals surface area contributed by atoms with Crippen molar-refractivity contribution < 1.29 is 0 Å². The molecule has 0 saturated heterocycles. The highest BCUT2D eigenvalue weighted by molar-refractivity contribution is 5.15. The molecule has 116 valence electrons. The number of nitrogens with zero attached hydrogens (tertiary/aromatic N) is 3. The highest BCUT2D eigenvalue weighted by Gasteiger charge is 2.10. The maximum Gasteiger partial charge on any atom is 0.0639 e. The summed E-state index contributed by atoms with van der Waals surface area (Å²) in [7, 11) is 0. The summed E-state index contributed by atoms with van der Waals surface area (Å²) in [6.45, 7) is 13.6. The lowest BCUT2D eigenvalue weighted by Gasteiger charge is -2.19. The van der Waals surface area contributed by atoms with Gasteiger partial charge in [0.15, 0.2) is 0 Å². The predicted octanol–water partition coefficient (Wildman–Crippen LogP) is 3.20. The van der Waals surface area contributed by atoms with E-state index in [1.54, 1.807) is 0 Å². The first-order valence-electron chi connectivity index (χ1n) is 7.86. The summed E-state index contributed by atoms with van der Waals surface area (Å²) in [6, 6.07) is 4.41. The molecule has 2 heterocycles. The van der Waals surface area contributed by atoms with E-state index < -0.39 is 0 Å². The standard InChI is InChI=1S/C17H28N4/c1-6-15-10-16(21(7-2)19-15)13-20-9-8-14(12-20)11-18-17(3,4)5/h8-10,12,18H,6-7,11,13H2,1-5H3. The van der Waals surface area contributed by atoms with E-state index in [9.17, 15) is 0 Å². The molecule has 2 rings (SSSR count). The van der Waals surface area contributed by atoms with Crippen molar-refractivity contribution in [1.82, 2.24) is 19.7 Å². The van der Waals surface area contributed by atoms with Gasteiger partial charge in [-0.25, -0.2) is 0 Å². The Labute approximate surface area is 128 Å². The third-order valence-corrected chi connectivity index (χ3v) is 3.55. The van der Waals surface area contributed by atoms with Crippen LogP contribution < -0.4 is 5.32 Å². The first-order valence-corrected chi connectivity index (χ1v) is 7.86. The summed E-state index contributed by atoms with van der Waals surface area (Å²) in [6.07, 6.45) is 5.36. The topological polar surface area (TPSA) is 34.8 Å². The molecule has 0 aromatic carbocycles. The Kier molecular flexibility index (Phi) is 4.88. The molecular weight excluding hydrogens is 260 g/mol. The van der Waals surface area contributed by atoms with E-state index in [0.29, 0.717) is 0 Å². The molecule has 2 aromatic heterocycles. The summed E-state index contributed by atoms with van der Waals surface area (Å²) in [5, 5.41) is 8.13. The molecule has 1 N–H and O–H groups in total. The fraction of sp³-hybridized carbons (Fsp3) is 0.588. The fourth-order valence-corrected chi connectivity index (χ4v) is 2.34. The number of aromatic nitrogens is 3. The Morgan fingerprint density at radius 3 is 2.62 bits per heavy atom. The zero-order valence-corrected chi connectivity index (χ0v) is 14.0. The molecule has 0 atom stereocenters. The number of nitrogens with one attached hydrogen (secondary N) is 1. The van der Waals surface area contributed by atoms with E-state index in [0.717, 1.165) is 26.1 Å². The lowest BCUT2D eigenvalue weighted by Crippen LogP contribution is -2.34. The molecule has 0 saturated carbocycles. The molecule has 0 spiro atoms. The van der Waals surface area contributed by atoms with Gasteiger partial charge in [0.25, 0.3) is 0 Å². The zero-order valence-electron chi connectivity index (χ0n) is 14.0. The minimum absolute atomic E-state index is 0.152. The Balaban J connectivity index is 2.03. The van der Waals surface area contributed by atoms with Gasteiger partial charge in [-0.05, 0) is 51.8 Å². The maximum absolute atomic E-state index is 4.61. The summed E-state index contributed by atoms with van der Waals surface area (Å²) in [5.41, 5.74) is 3.93. The number of rotatable bonds is 6. The van der Waals surface area contributed by atoms with Crippen molar-refractivity contribution in [3.05, 3.63) is 41.5 Å². The lowest BCUT2D eigenvalue weighted by atomic mass is 10.1. The molecule has 0 aliphatic heterocycles. The van der Waals surface area contributed by atoms with E-state index in [-0.39, 0.29) is 5.54 Å². The van der Waals surface area contributed by atoms with Crippen LogP contribution in [0.2, 0.25) is 0 Å². The van der Waals surface area contributed by atoms with Gasteiger partial charge >= 0.3 is 0 Å². The molecule has 21 heavy (non-hydrogen) atoms. The Morgan fingerprint density at radius 1 is 1.24 bits per heavy atom. The number of aryl methyl sites for hydroxylation is 2. The van der Waals surface area contributed by atoms with Crippen molar-refractivity contribution in [3.8, 4) is 0 Å². The summed E-state index contributed by atoms with van der Waals surface area (Å²) in [4.78, 5) is 0. The predicted molar refractivity (Wildman–Crippen MR) is 87.4 cm³/mol. The van der Waals surface area contributed by atoms with E-state index >= 15 is 0 Å². The number of hydrogen-bond acceptors (Lipinski definition) is 2. The molecule has 4 heteroatoms. The van der Waals surface area contributed by atoms with Crippen LogP contribution in [0.25, 0.3) is 0 Å². The summed E-state index contributed by atoms with van der Waals surface area (Å²) >= 11 is 0. The van der Waals surface area contributed by atoms with Crippen LogP contribution in [-0.4, -0.2) is 19.9 Å². The minimum atomic E-state index is 0.152. The molecule has 0 fully saturated rings. The van der Waals surface area contributed by atoms with Gasteiger partial charge in [0.05, 0.1) is 17.9 Å². The second-order valence-electron chi connectivity index (χ2n) is 6.59. The van der Waals surface area contributed by atoms with Crippen LogP contribution in [0, 0.1) is 0 Å². The van der Waals surface area contributed by atoms with Crippen LogP contribution in [0.4, 0.5) is 0 Å². The first-order chi connectivity index (χ1) is 9.91. The third kappa shape index (κ3) is 4.46. The van der Waals surface area contributed by atoms with E-state index in [1.807, 2.05) is 0 Å². The highest BCUT2D eigenvalue weighted by atomic mass is 15.3. The van der Waals surface area contributed by atoms with Gasteiger partial charge in [0.1, 0.15) is 0 Å². The van der Waals surface area contributed by atoms with Crippen molar-refractivity contribution >= 4 is 0 Å². The summed E-state index contributed by atoms with van der Waals surface area (Å²) < 4.78 is 4.34. The molecular formula is C17H28N4. The SMILES string of the molecule is CCc1cc(Cn2ccc(CNC(C)(C)C)c2)n(CC)n1. The van der Waals surface area contributed by atoms with Crippen molar-refractivity contribution in [2.45, 2.75) is 66.2 Å². The average molecular weight is 288 g/mol. The monoisotopic (exact) mass is 288 g/mol. The van der Waals surface area contributed by atoms with E-state index in [2.05, 4.69) is 78.8 Å². The van der Waals surface area contributed by atoms with Crippen LogP contribution in [0.3, 0.4) is 0 Å². The van der Waals surface area contributed by atoms with E-state index in [4.69, 9.17) is 0 Å². The Bertz CT molecular complexity index is 572. The van der Waals surface area contributed by atoms with Gasteiger partial charge in [-0.15, -0.1) is 0 Å².